The fraction of sp³-hybridized carbons (Fsp3) is 0.611. The molecule has 1 aliphatic carbocycles. The van der Waals surface area contributed by atoms with Crippen molar-refractivity contribution in [2.24, 2.45) is 5.92 Å². The molecular weight excluding hydrogens is 294 g/mol. The molecule has 1 aliphatic rings. The van der Waals surface area contributed by atoms with Crippen LogP contribution in [0.1, 0.15) is 31.2 Å². The molecule has 23 heavy (non-hydrogen) atoms. The molecule has 0 heterocycles. The van der Waals surface area contributed by atoms with Crippen LogP contribution in [0, 0.1) is 5.92 Å². The highest BCUT2D eigenvalue weighted by atomic mass is 16.5. The van der Waals surface area contributed by atoms with E-state index < -0.39 is 0 Å². The Morgan fingerprint density at radius 2 is 1.96 bits per heavy atom. The molecule has 0 aromatic heterocycles. The summed E-state index contributed by atoms with van der Waals surface area (Å²) in [5, 5.41) is 3.58. The smallest absolute Gasteiger partial charge is 0.308 e. The van der Waals surface area contributed by atoms with Gasteiger partial charge in [-0.15, -0.1) is 0 Å². The highest BCUT2D eigenvalue weighted by Gasteiger charge is 2.26. The molecule has 0 bridgehead atoms. The molecule has 1 aromatic carbocycles. The van der Waals surface area contributed by atoms with E-state index in [1.165, 1.54) is 12.7 Å². The van der Waals surface area contributed by atoms with E-state index in [2.05, 4.69) is 17.4 Å². The average Bonchev–Trinajstić information content (AvgIpc) is 2.60. The largest absolute Gasteiger partial charge is 0.491 e. The minimum absolute atomic E-state index is 0.0654. The van der Waals surface area contributed by atoms with Crippen LogP contribution in [0.15, 0.2) is 24.3 Å². The highest BCUT2D eigenvalue weighted by molar-refractivity contribution is 5.72. The molecule has 0 spiro atoms. The third kappa shape index (κ3) is 5.84. The predicted octanol–water partition coefficient (Wildman–Crippen LogP) is 2.53. The van der Waals surface area contributed by atoms with Crippen molar-refractivity contribution >= 4 is 5.97 Å². The van der Waals surface area contributed by atoms with Crippen molar-refractivity contribution in [2.45, 2.75) is 38.3 Å². The van der Waals surface area contributed by atoms with Gasteiger partial charge in [-0.3, -0.25) is 4.79 Å². The number of benzene rings is 1. The van der Waals surface area contributed by atoms with Crippen molar-refractivity contribution in [3.63, 3.8) is 0 Å². The monoisotopic (exact) mass is 321 g/mol. The summed E-state index contributed by atoms with van der Waals surface area (Å²) in [5.74, 6) is 0.885. The maximum absolute atomic E-state index is 11.5. The molecule has 1 N–H and O–H groups in total. The van der Waals surface area contributed by atoms with Crippen LogP contribution in [-0.2, 0) is 20.8 Å². The van der Waals surface area contributed by atoms with E-state index in [4.69, 9.17) is 14.2 Å². The van der Waals surface area contributed by atoms with Crippen molar-refractivity contribution in [1.82, 2.24) is 5.32 Å². The minimum Gasteiger partial charge on any atom is -0.491 e. The Bertz CT molecular complexity index is 484. The molecular formula is C18H27NO4. The van der Waals surface area contributed by atoms with Crippen molar-refractivity contribution in [3.8, 4) is 5.75 Å². The zero-order chi connectivity index (χ0) is 16.5. The molecule has 128 valence electrons. The van der Waals surface area contributed by atoms with Gasteiger partial charge in [0.05, 0.1) is 19.6 Å². The van der Waals surface area contributed by atoms with Crippen molar-refractivity contribution in [1.29, 1.82) is 0 Å². The quantitative estimate of drug-likeness (QED) is 0.589. The summed E-state index contributed by atoms with van der Waals surface area (Å²) in [6, 6.07) is 8.58. The number of carbonyl (C=O) groups is 1. The second kappa shape index (κ2) is 9.53. The predicted molar refractivity (Wildman–Crippen MR) is 88.4 cm³/mol. The molecule has 1 aromatic rings. The van der Waals surface area contributed by atoms with E-state index in [1.807, 2.05) is 12.1 Å². The maximum atomic E-state index is 11.5. The van der Waals surface area contributed by atoms with E-state index in [1.54, 1.807) is 7.11 Å². The van der Waals surface area contributed by atoms with Gasteiger partial charge < -0.3 is 19.5 Å². The Morgan fingerprint density at radius 3 is 2.65 bits per heavy atom. The summed E-state index contributed by atoms with van der Waals surface area (Å²) in [7, 11) is 3.13. The molecule has 2 rings (SSSR count). The summed E-state index contributed by atoms with van der Waals surface area (Å²) >= 11 is 0. The van der Waals surface area contributed by atoms with Crippen LogP contribution >= 0.6 is 0 Å². The molecule has 1 fully saturated rings. The fourth-order valence-corrected chi connectivity index (χ4v) is 2.95. The number of esters is 1. The van der Waals surface area contributed by atoms with E-state index in [0.717, 1.165) is 38.0 Å². The first-order chi connectivity index (χ1) is 11.2. The van der Waals surface area contributed by atoms with Gasteiger partial charge in [-0.05, 0) is 43.4 Å². The highest BCUT2D eigenvalue weighted by Crippen LogP contribution is 2.25. The second-order valence-electron chi connectivity index (χ2n) is 5.94. The fourth-order valence-electron chi connectivity index (χ4n) is 2.95. The lowest BCUT2D eigenvalue weighted by molar-refractivity contribution is -0.146. The Hall–Kier alpha value is -1.59. The lowest BCUT2D eigenvalue weighted by Gasteiger charge is -2.27. The molecule has 5 nitrogen and oxygen atoms in total. The molecule has 0 atom stereocenters. The molecule has 1 saturated carbocycles. The first-order valence-electron chi connectivity index (χ1n) is 8.25. The summed E-state index contributed by atoms with van der Waals surface area (Å²) in [4.78, 5) is 11.5. The Balaban J connectivity index is 1.74. The Kier molecular flexibility index (Phi) is 7.36. The topological polar surface area (TPSA) is 56.8 Å². The average molecular weight is 321 g/mol. The lowest BCUT2D eigenvalue weighted by atomic mass is 9.86. The van der Waals surface area contributed by atoms with Crippen LogP contribution in [-0.4, -0.2) is 39.4 Å². The van der Waals surface area contributed by atoms with Gasteiger partial charge in [0.15, 0.2) is 0 Å². The molecule has 0 amide bonds. The van der Waals surface area contributed by atoms with Crippen LogP contribution in [0.2, 0.25) is 0 Å². The number of nitrogens with one attached hydrogen (secondary N) is 1. The second-order valence-corrected chi connectivity index (χ2v) is 5.94. The van der Waals surface area contributed by atoms with E-state index in [0.29, 0.717) is 19.3 Å². The number of carbonyl (C=O) groups excluding carboxylic acids is 1. The molecule has 0 radical (unpaired) electrons. The molecule has 0 unspecified atom stereocenters. The van der Waals surface area contributed by atoms with Gasteiger partial charge in [0.2, 0.25) is 0 Å². The number of methoxy groups -OCH3 is 2. The number of hydrogen-bond donors (Lipinski definition) is 1. The van der Waals surface area contributed by atoms with Gasteiger partial charge in [0, 0.05) is 19.7 Å². The number of hydrogen-bond acceptors (Lipinski definition) is 5. The van der Waals surface area contributed by atoms with Crippen molar-refractivity contribution in [2.75, 3.05) is 27.4 Å². The van der Waals surface area contributed by atoms with Crippen molar-refractivity contribution in [3.05, 3.63) is 29.8 Å². The third-order valence-electron chi connectivity index (χ3n) is 4.31. The molecule has 0 saturated heterocycles. The summed E-state index contributed by atoms with van der Waals surface area (Å²) in [6.45, 7) is 1.96. The Labute approximate surface area is 138 Å². The van der Waals surface area contributed by atoms with Crippen molar-refractivity contribution < 1.29 is 19.0 Å². The third-order valence-corrected chi connectivity index (χ3v) is 4.31. The zero-order valence-electron chi connectivity index (χ0n) is 14.0. The van der Waals surface area contributed by atoms with Gasteiger partial charge in [0.25, 0.3) is 0 Å². The molecule has 0 aliphatic heterocycles. The standard InChI is InChI=1S/C18H27NO4/c1-21-10-11-23-17-5-3-4-14(12-17)13-19-16-8-6-15(7-9-16)18(20)22-2/h3-5,12,15-16,19H,6-11,13H2,1-2H3. The minimum atomic E-state index is -0.0654. The maximum Gasteiger partial charge on any atom is 0.308 e. The van der Waals surface area contributed by atoms with Crippen LogP contribution in [0.25, 0.3) is 0 Å². The van der Waals surface area contributed by atoms with Crippen LogP contribution in [0.3, 0.4) is 0 Å². The van der Waals surface area contributed by atoms with Crippen LogP contribution in [0.4, 0.5) is 0 Å². The van der Waals surface area contributed by atoms with Crippen LogP contribution in [0.5, 0.6) is 5.75 Å². The zero-order valence-corrected chi connectivity index (χ0v) is 14.0. The van der Waals surface area contributed by atoms with Crippen LogP contribution < -0.4 is 10.1 Å². The lowest BCUT2D eigenvalue weighted by Crippen LogP contribution is -2.34. The van der Waals surface area contributed by atoms with Gasteiger partial charge in [-0.25, -0.2) is 0 Å². The first kappa shape index (κ1) is 17.8. The summed E-state index contributed by atoms with van der Waals surface area (Å²) in [5.41, 5.74) is 1.20. The van der Waals surface area contributed by atoms with E-state index in [9.17, 15) is 4.79 Å². The SMILES string of the molecule is COCCOc1cccc(CNC2CCC(C(=O)OC)CC2)c1. The number of rotatable bonds is 8. The normalized spacial score (nSPS) is 21.0. The summed E-state index contributed by atoms with van der Waals surface area (Å²) < 4.78 is 15.4. The van der Waals surface area contributed by atoms with Gasteiger partial charge in [-0.2, -0.15) is 0 Å². The van der Waals surface area contributed by atoms with Gasteiger partial charge in [-0.1, -0.05) is 12.1 Å². The molecule has 5 heteroatoms. The van der Waals surface area contributed by atoms with E-state index in [-0.39, 0.29) is 11.9 Å². The summed E-state index contributed by atoms with van der Waals surface area (Å²) in [6.07, 6.45) is 3.85. The first-order valence-corrected chi connectivity index (χ1v) is 8.25. The van der Waals surface area contributed by atoms with E-state index >= 15 is 0 Å². The van der Waals surface area contributed by atoms with Gasteiger partial charge in [0.1, 0.15) is 12.4 Å². The Morgan fingerprint density at radius 1 is 1.17 bits per heavy atom. The van der Waals surface area contributed by atoms with Gasteiger partial charge >= 0.3 is 5.97 Å². The number of ether oxygens (including phenoxy) is 3.